The molecule has 0 N–H and O–H groups in total. The van der Waals surface area contributed by atoms with E-state index in [0.717, 1.165) is 0 Å². The lowest BCUT2D eigenvalue weighted by Gasteiger charge is -2.55. The fraction of sp³-hybridized carbons (Fsp3) is 1.00. The molecule has 2 aliphatic rings. The summed E-state index contributed by atoms with van der Waals surface area (Å²) in [4.78, 5) is 0. The van der Waals surface area contributed by atoms with Gasteiger partial charge in [-0.2, -0.15) is 0 Å². The SMILES string of the molecule is CC(C)C1(C2(C)CCCCCC2)[B][B][B][B][B]1. The highest BCUT2D eigenvalue weighted by Gasteiger charge is 2.48. The van der Waals surface area contributed by atoms with Crippen LogP contribution >= 0.6 is 0 Å². The maximum absolute atomic E-state index is 2.53. The van der Waals surface area contributed by atoms with Crippen LogP contribution in [0.4, 0.5) is 0 Å². The minimum Gasteiger partial charge on any atom is -0.0932 e. The molecule has 0 aromatic heterocycles. The van der Waals surface area contributed by atoms with Gasteiger partial charge in [-0.25, -0.2) is 0 Å². The molecule has 5 radical (unpaired) electrons. The third-order valence-electron chi connectivity index (χ3n) is 5.17. The number of hydrogen-bond acceptors (Lipinski definition) is 0. The predicted octanol–water partition coefficient (Wildman–Crippen LogP) is 2.31. The molecule has 0 atom stereocenters. The Hall–Kier alpha value is 0.325. The summed E-state index contributed by atoms with van der Waals surface area (Å²) in [5, 5.41) is 0.284. The molecule has 0 unspecified atom stereocenters. The van der Waals surface area contributed by atoms with Gasteiger partial charge in [-0.3, -0.25) is 0 Å². The van der Waals surface area contributed by atoms with E-state index < -0.39 is 0 Å². The van der Waals surface area contributed by atoms with Crippen molar-refractivity contribution in [1.29, 1.82) is 0 Å². The fourth-order valence-corrected chi connectivity index (χ4v) is 3.98. The van der Waals surface area contributed by atoms with E-state index >= 15 is 0 Å². The molecule has 85 valence electrons. The van der Waals surface area contributed by atoms with Crippen molar-refractivity contribution in [2.24, 2.45) is 11.3 Å². The molecule has 0 amide bonds. The van der Waals surface area contributed by atoms with Gasteiger partial charge in [-0.1, -0.05) is 57.6 Å². The maximum atomic E-state index is 2.53. The van der Waals surface area contributed by atoms with Crippen molar-refractivity contribution in [3.05, 3.63) is 0 Å². The third-order valence-corrected chi connectivity index (χ3v) is 5.17. The van der Waals surface area contributed by atoms with Crippen LogP contribution in [-0.2, 0) is 0 Å². The molecule has 1 heterocycles. The highest BCUT2D eigenvalue weighted by molar-refractivity contribution is 7.58. The van der Waals surface area contributed by atoms with Crippen LogP contribution < -0.4 is 0 Å². The molecule has 0 nitrogen and oxygen atoms in total. The zero-order valence-electron chi connectivity index (χ0n) is 11.7. The van der Waals surface area contributed by atoms with Crippen LogP contribution in [0.25, 0.3) is 0 Å². The summed E-state index contributed by atoms with van der Waals surface area (Å²) in [6.07, 6.45) is 8.47. The molecule has 2 rings (SSSR count). The predicted molar refractivity (Wildman–Crippen MR) is 82.1 cm³/mol. The number of hydrogen-bond donors (Lipinski definition) is 0. The molecule has 0 aromatic carbocycles. The van der Waals surface area contributed by atoms with Gasteiger partial charge < -0.3 is 0 Å². The second-order valence-electron chi connectivity index (χ2n) is 6.47. The van der Waals surface area contributed by atoms with Crippen molar-refractivity contribution < 1.29 is 0 Å². The van der Waals surface area contributed by atoms with E-state index in [0.29, 0.717) is 11.3 Å². The molecule has 1 aliphatic carbocycles. The van der Waals surface area contributed by atoms with Crippen molar-refractivity contribution >= 4 is 35.5 Å². The van der Waals surface area contributed by atoms with E-state index in [4.69, 9.17) is 0 Å². The summed E-state index contributed by atoms with van der Waals surface area (Å²) < 4.78 is 0. The molecule has 1 saturated carbocycles. The van der Waals surface area contributed by atoms with Crippen LogP contribution in [-0.4, -0.2) is 35.5 Å². The molecule has 0 spiro atoms. The van der Waals surface area contributed by atoms with E-state index in [2.05, 4.69) is 56.3 Å². The zero-order chi connectivity index (χ0) is 12.4. The minimum absolute atomic E-state index is 0.284. The molecule has 1 saturated heterocycles. The Kier molecular flexibility index (Phi) is 4.47. The highest BCUT2D eigenvalue weighted by atomic mass is 14.4. The van der Waals surface area contributed by atoms with Crippen LogP contribution in [0.5, 0.6) is 0 Å². The second-order valence-corrected chi connectivity index (χ2v) is 6.47. The van der Waals surface area contributed by atoms with Crippen LogP contribution in [0.3, 0.4) is 0 Å². The highest BCUT2D eigenvalue weighted by Crippen LogP contribution is 2.56. The molecule has 0 aromatic rings. The molecule has 1 aliphatic heterocycles. The topological polar surface area (TPSA) is 0 Å². The smallest absolute Gasteiger partial charge is 0.0524 e. The van der Waals surface area contributed by atoms with Crippen LogP contribution in [0, 0.1) is 11.3 Å². The first-order valence-corrected chi connectivity index (χ1v) is 7.31. The van der Waals surface area contributed by atoms with Crippen molar-refractivity contribution in [2.45, 2.75) is 64.5 Å². The zero-order valence-corrected chi connectivity index (χ0v) is 11.7. The van der Waals surface area contributed by atoms with Crippen LogP contribution in [0.2, 0.25) is 5.21 Å². The minimum atomic E-state index is 0.284. The van der Waals surface area contributed by atoms with Crippen molar-refractivity contribution in [3.8, 4) is 0 Å². The van der Waals surface area contributed by atoms with E-state index in [1.165, 1.54) is 38.5 Å². The summed E-state index contributed by atoms with van der Waals surface area (Å²) >= 11 is 0. The van der Waals surface area contributed by atoms with Gasteiger partial charge in [0.05, 0.1) is 14.3 Å². The maximum Gasteiger partial charge on any atom is 0.0524 e. The van der Waals surface area contributed by atoms with Crippen LogP contribution in [0.15, 0.2) is 0 Å². The van der Waals surface area contributed by atoms with Gasteiger partial charge in [0, 0.05) is 21.2 Å². The van der Waals surface area contributed by atoms with E-state index in [1.54, 1.807) is 0 Å². The van der Waals surface area contributed by atoms with Gasteiger partial charge in [-0.15, -0.1) is 0 Å². The van der Waals surface area contributed by atoms with Crippen molar-refractivity contribution in [3.63, 3.8) is 0 Å². The second kappa shape index (κ2) is 5.53. The van der Waals surface area contributed by atoms with Gasteiger partial charge in [0.25, 0.3) is 0 Å². The van der Waals surface area contributed by atoms with Gasteiger partial charge in [0.1, 0.15) is 0 Å². The van der Waals surface area contributed by atoms with Crippen molar-refractivity contribution in [2.75, 3.05) is 0 Å². The Morgan fingerprint density at radius 3 is 1.82 bits per heavy atom. The Labute approximate surface area is 112 Å². The van der Waals surface area contributed by atoms with Gasteiger partial charge >= 0.3 is 0 Å². The molecule has 2 fully saturated rings. The van der Waals surface area contributed by atoms with Crippen LogP contribution in [0.1, 0.15) is 59.3 Å². The van der Waals surface area contributed by atoms with E-state index in [-0.39, 0.29) is 5.21 Å². The largest absolute Gasteiger partial charge is 0.0932 e. The summed E-state index contributed by atoms with van der Waals surface area (Å²) in [6.45, 7) is 7.30. The van der Waals surface area contributed by atoms with E-state index in [1.807, 2.05) is 0 Å². The lowest BCUT2D eigenvalue weighted by molar-refractivity contribution is 0.191. The third kappa shape index (κ3) is 2.54. The quantitative estimate of drug-likeness (QED) is 0.495. The first-order chi connectivity index (χ1) is 8.11. The lowest BCUT2D eigenvalue weighted by Crippen LogP contribution is -2.55. The summed E-state index contributed by atoms with van der Waals surface area (Å²) in [6, 6.07) is 0. The first-order valence-electron chi connectivity index (χ1n) is 7.31. The molecule has 5 heteroatoms. The molecular formula is C12H22B5. The number of rotatable bonds is 2. The Balaban J connectivity index is 2.23. The standard InChI is InChI=1S/C12H22B5/c1-10(2)12(13-15-17-16-14-12)11(3)8-6-4-5-7-9-11/h10H,4-9H2,1-3H3. The lowest BCUT2D eigenvalue weighted by atomic mass is 8.86. The molecular weight excluding hydrogens is 198 g/mol. The normalized spacial score (nSPS) is 26.6. The Morgan fingerprint density at radius 2 is 1.35 bits per heavy atom. The molecule has 0 bridgehead atoms. The first kappa shape index (κ1) is 13.7. The summed E-state index contributed by atoms with van der Waals surface area (Å²) in [7, 11) is 11.6. The monoisotopic (exact) mass is 221 g/mol. The molecule has 17 heavy (non-hydrogen) atoms. The summed E-state index contributed by atoms with van der Waals surface area (Å²) in [5.74, 6) is 0.687. The van der Waals surface area contributed by atoms with Gasteiger partial charge in [0.15, 0.2) is 0 Å². The Morgan fingerprint density at radius 1 is 0.824 bits per heavy atom. The van der Waals surface area contributed by atoms with Gasteiger partial charge in [-0.05, 0) is 18.3 Å². The Bertz CT molecular complexity index is 239. The average molecular weight is 220 g/mol. The average Bonchev–Trinajstić information content (AvgIpc) is 2.56. The van der Waals surface area contributed by atoms with E-state index in [9.17, 15) is 0 Å². The van der Waals surface area contributed by atoms with Crippen molar-refractivity contribution in [1.82, 2.24) is 0 Å². The fourth-order valence-electron chi connectivity index (χ4n) is 3.98. The summed E-state index contributed by atoms with van der Waals surface area (Å²) in [5.41, 5.74) is 0.457. The van der Waals surface area contributed by atoms with Gasteiger partial charge in [0.2, 0.25) is 0 Å².